The molecule has 0 bridgehead atoms. The van der Waals surface area contributed by atoms with Gasteiger partial charge in [-0.2, -0.15) is 0 Å². The molecule has 0 saturated heterocycles. The molecule has 124 valence electrons. The molecule has 8 heteroatoms. The molecule has 3 aromatic rings. The third-order valence-corrected chi connectivity index (χ3v) is 4.97. The zero-order valence-corrected chi connectivity index (χ0v) is 15.1. The summed E-state index contributed by atoms with van der Waals surface area (Å²) in [6, 6.07) is 14.3. The molecule has 0 radical (unpaired) electrons. The van der Waals surface area contributed by atoms with E-state index in [2.05, 4.69) is 26.1 Å². The van der Waals surface area contributed by atoms with Crippen LogP contribution in [-0.2, 0) is 0 Å². The first kappa shape index (κ1) is 16.0. The normalized spacial score (nSPS) is 13.4. The lowest BCUT2D eigenvalue weighted by atomic mass is 10.1. The number of carbonyl (C=O) groups excluding carboxylic acids is 2. The third-order valence-electron chi connectivity index (χ3n) is 3.67. The first-order chi connectivity index (χ1) is 12.1. The lowest BCUT2D eigenvalue weighted by Gasteiger charge is -2.11. The second-order valence-electron chi connectivity index (χ2n) is 5.24. The average molecular weight is 416 g/mol. The van der Waals surface area contributed by atoms with Gasteiger partial charge in [0.2, 0.25) is 5.89 Å². The number of fused-ring (bicyclic) bond motifs is 1. The summed E-state index contributed by atoms with van der Waals surface area (Å²) < 4.78 is 6.51. The summed E-state index contributed by atoms with van der Waals surface area (Å²) in [5.41, 5.74) is 1.64. The molecule has 1 aromatic heterocycles. The number of aromatic nitrogens is 2. The molecule has 1 aliphatic heterocycles. The Hall–Kier alpha value is -2.45. The Balaban J connectivity index is 1.48. The minimum Gasteiger partial charge on any atom is -0.411 e. The Morgan fingerprint density at radius 1 is 1.00 bits per heavy atom. The van der Waals surface area contributed by atoms with E-state index < -0.39 is 0 Å². The largest absolute Gasteiger partial charge is 0.411 e. The maximum absolute atomic E-state index is 12.3. The molecule has 25 heavy (non-hydrogen) atoms. The van der Waals surface area contributed by atoms with E-state index in [0.717, 1.165) is 21.8 Å². The van der Waals surface area contributed by atoms with Crippen LogP contribution in [0.3, 0.4) is 0 Å². The lowest BCUT2D eigenvalue weighted by Crippen LogP contribution is -2.29. The van der Waals surface area contributed by atoms with Gasteiger partial charge in [-0.05, 0) is 42.1 Å². The monoisotopic (exact) mass is 415 g/mol. The van der Waals surface area contributed by atoms with Crippen LogP contribution in [0.4, 0.5) is 0 Å². The number of halogens is 1. The highest BCUT2D eigenvalue weighted by atomic mass is 79.9. The van der Waals surface area contributed by atoms with Crippen LogP contribution in [0, 0.1) is 0 Å². The van der Waals surface area contributed by atoms with Gasteiger partial charge < -0.3 is 4.42 Å². The van der Waals surface area contributed by atoms with Gasteiger partial charge in [-0.1, -0.05) is 34.1 Å². The maximum Gasteiger partial charge on any atom is 0.278 e. The number of thioether (sulfide) groups is 1. The highest BCUT2D eigenvalue weighted by Crippen LogP contribution is 2.28. The SMILES string of the molecule is O=C1c2ccccc2C(=O)N1CSc1nnc(-c2cccc(Br)c2)o1. The lowest BCUT2D eigenvalue weighted by molar-refractivity contribution is 0.0684. The molecule has 2 aromatic carbocycles. The molecule has 0 spiro atoms. The molecule has 4 rings (SSSR count). The second kappa shape index (κ2) is 6.45. The Morgan fingerprint density at radius 3 is 2.40 bits per heavy atom. The van der Waals surface area contributed by atoms with Crippen LogP contribution in [0.1, 0.15) is 20.7 Å². The number of hydrogen-bond donors (Lipinski definition) is 0. The fraction of sp³-hybridized carbons (Fsp3) is 0.0588. The molecule has 1 aliphatic rings. The number of imide groups is 1. The molecular weight excluding hydrogens is 406 g/mol. The molecule has 0 unspecified atom stereocenters. The topological polar surface area (TPSA) is 76.3 Å². The van der Waals surface area contributed by atoms with Crippen molar-refractivity contribution >= 4 is 39.5 Å². The van der Waals surface area contributed by atoms with Crippen molar-refractivity contribution in [1.82, 2.24) is 15.1 Å². The van der Waals surface area contributed by atoms with E-state index in [4.69, 9.17) is 4.42 Å². The first-order valence-electron chi connectivity index (χ1n) is 7.31. The highest BCUT2D eigenvalue weighted by Gasteiger charge is 2.35. The molecule has 2 heterocycles. The molecular formula is C17H10BrN3O3S. The van der Waals surface area contributed by atoms with Crippen molar-refractivity contribution in [2.75, 3.05) is 5.88 Å². The quantitative estimate of drug-likeness (QED) is 0.475. The molecule has 0 atom stereocenters. The summed E-state index contributed by atoms with van der Waals surface area (Å²) in [6.45, 7) is 0. The standard InChI is InChI=1S/C17H10BrN3O3S/c18-11-5-3-4-10(8-11)14-19-20-17(24-14)25-9-21-15(22)12-6-1-2-7-13(12)16(21)23/h1-8H,9H2. The van der Waals surface area contributed by atoms with Crippen molar-refractivity contribution in [2.24, 2.45) is 0 Å². The Bertz CT molecular complexity index is 954. The number of benzene rings is 2. The van der Waals surface area contributed by atoms with Crippen molar-refractivity contribution in [1.29, 1.82) is 0 Å². The van der Waals surface area contributed by atoms with Gasteiger partial charge in [-0.15, -0.1) is 10.2 Å². The Morgan fingerprint density at radius 2 is 1.72 bits per heavy atom. The smallest absolute Gasteiger partial charge is 0.278 e. The molecule has 0 fully saturated rings. The summed E-state index contributed by atoms with van der Waals surface area (Å²) in [5.74, 6) is -0.113. The van der Waals surface area contributed by atoms with E-state index in [0.29, 0.717) is 22.2 Å². The number of amides is 2. The van der Waals surface area contributed by atoms with Gasteiger partial charge in [0.25, 0.3) is 17.0 Å². The first-order valence-corrected chi connectivity index (χ1v) is 9.09. The summed E-state index contributed by atoms with van der Waals surface area (Å²) in [5, 5.41) is 8.27. The minimum atomic E-state index is -0.306. The van der Waals surface area contributed by atoms with Gasteiger partial charge in [0, 0.05) is 10.0 Å². The van der Waals surface area contributed by atoms with Gasteiger partial charge in [0.15, 0.2) is 0 Å². The van der Waals surface area contributed by atoms with Crippen molar-refractivity contribution < 1.29 is 14.0 Å². The summed E-state index contributed by atoms with van der Waals surface area (Å²) in [6.07, 6.45) is 0. The predicted molar refractivity (Wildman–Crippen MR) is 95.1 cm³/mol. The molecule has 6 nitrogen and oxygen atoms in total. The zero-order valence-electron chi connectivity index (χ0n) is 12.7. The van der Waals surface area contributed by atoms with Gasteiger partial charge in [-0.3, -0.25) is 14.5 Å². The van der Waals surface area contributed by atoms with E-state index in [1.165, 1.54) is 4.90 Å². The third kappa shape index (κ3) is 2.98. The van der Waals surface area contributed by atoms with Gasteiger partial charge >= 0.3 is 0 Å². The Labute approximate surface area is 155 Å². The van der Waals surface area contributed by atoms with Crippen LogP contribution < -0.4 is 0 Å². The fourth-order valence-electron chi connectivity index (χ4n) is 2.48. The van der Waals surface area contributed by atoms with Crippen molar-refractivity contribution in [3.8, 4) is 11.5 Å². The van der Waals surface area contributed by atoms with Gasteiger partial charge in [0.1, 0.15) is 0 Å². The minimum absolute atomic E-state index is 0.118. The van der Waals surface area contributed by atoms with Crippen LogP contribution in [0.15, 0.2) is 62.6 Å². The average Bonchev–Trinajstić information content (AvgIpc) is 3.18. The zero-order chi connectivity index (χ0) is 17.4. The number of rotatable bonds is 4. The summed E-state index contributed by atoms with van der Waals surface area (Å²) >= 11 is 4.54. The van der Waals surface area contributed by atoms with Gasteiger partial charge in [0.05, 0.1) is 17.0 Å². The van der Waals surface area contributed by atoms with E-state index in [9.17, 15) is 9.59 Å². The molecule has 0 N–H and O–H groups in total. The van der Waals surface area contributed by atoms with E-state index in [1.54, 1.807) is 24.3 Å². The van der Waals surface area contributed by atoms with Crippen LogP contribution in [0.5, 0.6) is 0 Å². The molecule has 0 aliphatic carbocycles. The second-order valence-corrected chi connectivity index (χ2v) is 7.05. The maximum atomic E-state index is 12.3. The van der Waals surface area contributed by atoms with Crippen molar-refractivity contribution in [2.45, 2.75) is 5.22 Å². The number of nitrogens with zero attached hydrogens (tertiary/aromatic N) is 3. The van der Waals surface area contributed by atoms with Gasteiger partial charge in [-0.25, -0.2) is 0 Å². The molecule has 2 amide bonds. The van der Waals surface area contributed by atoms with Crippen molar-refractivity contribution in [3.05, 3.63) is 64.1 Å². The summed E-state index contributed by atoms with van der Waals surface area (Å²) in [7, 11) is 0. The number of hydrogen-bond acceptors (Lipinski definition) is 6. The van der Waals surface area contributed by atoms with Crippen LogP contribution >= 0.6 is 27.7 Å². The van der Waals surface area contributed by atoms with Crippen LogP contribution in [0.2, 0.25) is 0 Å². The number of carbonyl (C=O) groups is 2. The van der Waals surface area contributed by atoms with Crippen LogP contribution in [0.25, 0.3) is 11.5 Å². The van der Waals surface area contributed by atoms with E-state index in [1.807, 2.05) is 24.3 Å². The van der Waals surface area contributed by atoms with E-state index in [-0.39, 0.29) is 17.7 Å². The Kier molecular flexibility index (Phi) is 4.14. The molecule has 0 saturated carbocycles. The van der Waals surface area contributed by atoms with Crippen molar-refractivity contribution in [3.63, 3.8) is 0 Å². The van der Waals surface area contributed by atoms with Crippen LogP contribution in [-0.4, -0.2) is 32.8 Å². The summed E-state index contributed by atoms with van der Waals surface area (Å²) in [4.78, 5) is 25.8. The highest BCUT2D eigenvalue weighted by molar-refractivity contribution is 9.10. The predicted octanol–water partition coefficient (Wildman–Crippen LogP) is 3.84. The van der Waals surface area contributed by atoms with E-state index >= 15 is 0 Å². The fourth-order valence-corrected chi connectivity index (χ4v) is 3.59.